The Labute approximate surface area is 101 Å². The number of rotatable bonds is 5. The highest BCUT2D eigenvalue weighted by Crippen LogP contribution is 2.05. The maximum absolute atomic E-state index is 11.6. The first kappa shape index (κ1) is 13.2. The molecule has 1 amide bonds. The van der Waals surface area contributed by atoms with E-state index in [-0.39, 0.29) is 5.91 Å². The van der Waals surface area contributed by atoms with Gasteiger partial charge in [-0.2, -0.15) is 0 Å². The molecule has 0 radical (unpaired) electrons. The fourth-order valence-corrected chi connectivity index (χ4v) is 1.37. The molecule has 17 heavy (non-hydrogen) atoms. The number of benzene rings is 1. The molecule has 1 aromatic rings. The molecule has 0 aliphatic carbocycles. The average Bonchev–Trinajstić information content (AvgIpc) is 2.27. The maximum atomic E-state index is 11.6. The highest BCUT2D eigenvalue weighted by molar-refractivity contribution is 5.86. The average molecular weight is 235 g/mol. The molecule has 1 aromatic carbocycles. The zero-order chi connectivity index (χ0) is 12.9. The number of nitrogens with one attached hydrogen (secondary N) is 1. The highest BCUT2D eigenvalue weighted by Gasteiger charge is 2.28. The van der Waals surface area contributed by atoms with E-state index < -0.39 is 11.5 Å². The lowest BCUT2D eigenvalue weighted by atomic mass is 10.0. The van der Waals surface area contributed by atoms with Crippen LogP contribution in [0, 0.1) is 0 Å². The van der Waals surface area contributed by atoms with Crippen molar-refractivity contribution in [2.75, 3.05) is 0 Å². The minimum atomic E-state index is -1.21. The van der Waals surface area contributed by atoms with Gasteiger partial charge in [-0.15, -0.1) is 0 Å². The summed E-state index contributed by atoms with van der Waals surface area (Å²) in [6, 6.07) is 9.62. The van der Waals surface area contributed by atoms with E-state index in [4.69, 9.17) is 5.11 Å². The van der Waals surface area contributed by atoms with Crippen molar-refractivity contribution < 1.29 is 14.7 Å². The maximum Gasteiger partial charge on any atom is 0.328 e. The first-order valence-electron chi connectivity index (χ1n) is 5.50. The van der Waals surface area contributed by atoms with Crippen molar-refractivity contribution in [2.45, 2.75) is 32.2 Å². The molecule has 0 fully saturated rings. The van der Waals surface area contributed by atoms with Crippen molar-refractivity contribution in [3.63, 3.8) is 0 Å². The molecule has 4 heteroatoms. The molecule has 0 heterocycles. The van der Waals surface area contributed by atoms with E-state index in [9.17, 15) is 9.59 Å². The van der Waals surface area contributed by atoms with Crippen molar-refractivity contribution in [1.82, 2.24) is 5.32 Å². The lowest BCUT2D eigenvalue weighted by molar-refractivity contribution is -0.146. The molecule has 0 atom stereocenters. The number of carboxylic acid groups (broad SMARTS) is 1. The first-order valence-corrected chi connectivity index (χ1v) is 5.50. The fraction of sp³-hybridized carbons (Fsp3) is 0.385. The van der Waals surface area contributed by atoms with Crippen LogP contribution in [-0.4, -0.2) is 22.5 Å². The molecular formula is C13H17NO3. The Morgan fingerprint density at radius 2 is 1.82 bits per heavy atom. The number of aryl methyl sites for hydroxylation is 1. The summed E-state index contributed by atoms with van der Waals surface area (Å²) < 4.78 is 0. The van der Waals surface area contributed by atoms with E-state index >= 15 is 0 Å². The first-order chi connectivity index (χ1) is 7.92. The Hall–Kier alpha value is -1.84. The predicted molar refractivity (Wildman–Crippen MR) is 64.6 cm³/mol. The largest absolute Gasteiger partial charge is 0.480 e. The molecule has 0 aliphatic heterocycles. The number of aliphatic carboxylic acids is 1. The normalized spacial score (nSPS) is 10.9. The molecule has 4 nitrogen and oxygen atoms in total. The highest BCUT2D eigenvalue weighted by atomic mass is 16.4. The minimum Gasteiger partial charge on any atom is -0.480 e. The Balaban J connectivity index is 2.44. The van der Waals surface area contributed by atoms with Gasteiger partial charge >= 0.3 is 5.97 Å². The Bertz CT molecular complexity index is 398. The molecule has 0 unspecified atom stereocenters. The molecule has 1 rings (SSSR count). The van der Waals surface area contributed by atoms with Crippen LogP contribution in [0.5, 0.6) is 0 Å². The van der Waals surface area contributed by atoms with E-state index in [1.807, 2.05) is 30.3 Å². The standard InChI is InChI=1S/C13H17NO3/c1-13(2,12(16)17)14-11(15)9-8-10-6-4-3-5-7-10/h3-7H,8-9H2,1-2H3,(H,14,15)(H,16,17). The third-order valence-corrected chi connectivity index (χ3v) is 2.47. The van der Waals surface area contributed by atoms with Gasteiger partial charge in [0.1, 0.15) is 5.54 Å². The van der Waals surface area contributed by atoms with E-state index in [0.717, 1.165) is 5.56 Å². The topological polar surface area (TPSA) is 66.4 Å². The van der Waals surface area contributed by atoms with Gasteiger partial charge in [0.2, 0.25) is 5.91 Å². The number of amides is 1. The third kappa shape index (κ3) is 4.26. The SMILES string of the molecule is CC(C)(NC(=O)CCc1ccccc1)C(=O)O. The second-order valence-electron chi connectivity index (χ2n) is 4.46. The molecule has 2 N–H and O–H groups in total. The van der Waals surface area contributed by atoms with Crippen LogP contribution < -0.4 is 5.32 Å². The Morgan fingerprint density at radius 3 is 2.35 bits per heavy atom. The fourth-order valence-electron chi connectivity index (χ4n) is 1.37. The summed E-state index contributed by atoms with van der Waals surface area (Å²) in [4.78, 5) is 22.4. The van der Waals surface area contributed by atoms with E-state index in [1.54, 1.807) is 0 Å². The predicted octanol–water partition coefficient (Wildman–Crippen LogP) is 1.60. The molecular weight excluding hydrogens is 218 g/mol. The van der Waals surface area contributed by atoms with Crippen LogP contribution in [0.3, 0.4) is 0 Å². The lowest BCUT2D eigenvalue weighted by Gasteiger charge is -2.20. The van der Waals surface area contributed by atoms with Gasteiger partial charge < -0.3 is 10.4 Å². The van der Waals surface area contributed by atoms with Gasteiger partial charge in [-0.25, -0.2) is 4.79 Å². The van der Waals surface area contributed by atoms with E-state index in [2.05, 4.69) is 5.32 Å². The van der Waals surface area contributed by atoms with Crippen molar-refractivity contribution in [1.29, 1.82) is 0 Å². The van der Waals surface area contributed by atoms with E-state index in [0.29, 0.717) is 12.8 Å². The van der Waals surface area contributed by atoms with Gasteiger partial charge in [-0.3, -0.25) is 4.79 Å². The van der Waals surface area contributed by atoms with Crippen LogP contribution in [-0.2, 0) is 16.0 Å². The number of hydrogen-bond acceptors (Lipinski definition) is 2. The summed E-state index contributed by atoms with van der Waals surface area (Å²) in [5.74, 6) is -1.29. The summed E-state index contributed by atoms with van der Waals surface area (Å²) in [6.45, 7) is 2.94. The third-order valence-electron chi connectivity index (χ3n) is 2.47. The number of carbonyl (C=O) groups is 2. The van der Waals surface area contributed by atoms with Crippen LogP contribution in [0.4, 0.5) is 0 Å². The van der Waals surface area contributed by atoms with Crippen LogP contribution >= 0.6 is 0 Å². The van der Waals surface area contributed by atoms with Gasteiger partial charge in [-0.05, 0) is 25.8 Å². The van der Waals surface area contributed by atoms with E-state index in [1.165, 1.54) is 13.8 Å². The van der Waals surface area contributed by atoms with Crippen LogP contribution in [0.1, 0.15) is 25.8 Å². The zero-order valence-electron chi connectivity index (χ0n) is 10.1. The summed E-state index contributed by atoms with van der Waals surface area (Å²) in [5, 5.41) is 11.3. The van der Waals surface area contributed by atoms with Crippen LogP contribution in [0.15, 0.2) is 30.3 Å². The van der Waals surface area contributed by atoms with Gasteiger partial charge in [-0.1, -0.05) is 30.3 Å². The molecule has 0 aromatic heterocycles. The molecule has 92 valence electrons. The summed E-state index contributed by atoms with van der Waals surface area (Å²) in [6.07, 6.45) is 0.906. The minimum absolute atomic E-state index is 0.249. The zero-order valence-corrected chi connectivity index (χ0v) is 10.1. The quantitative estimate of drug-likeness (QED) is 0.814. The molecule has 0 spiro atoms. The van der Waals surface area contributed by atoms with Crippen molar-refractivity contribution in [3.8, 4) is 0 Å². The van der Waals surface area contributed by atoms with Gasteiger partial charge in [0.15, 0.2) is 0 Å². The summed E-state index contributed by atoms with van der Waals surface area (Å²) >= 11 is 0. The molecule has 0 saturated carbocycles. The Kier molecular flexibility index (Phi) is 4.26. The monoisotopic (exact) mass is 235 g/mol. The van der Waals surface area contributed by atoms with Gasteiger partial charge in [0.05, 0.1) is 0 Å². The molecule has 0 bridgehead atoms. The van der Waals surface area contributed by atoms with Crippen LogP contribution in [0.2, 0.25) is 0 Å². The van der Waals surface area contributed by atoms with Gasteiger partial charge in [0, 0.05) is 6.42 Å². The number of carboxylic acids is 1. The van der Waals surface area contributed by atoms with Crippen molar-refractivity contribution >= 4 is 11.9 Å². The smallest absolute Gasteiger partial charge is 0.328 e. The van der Waals surface area contributed by atoms with Crippen molar-refractivity contribution in [3.05, 3.63) is 35.9 Å². The Morgan fingerprint density at radius 1 is 1.24 bits per heavy atom. The summed E-state index contributed by atoms with van der Waals surface area (Å²) in [5.41, 5.74) is -0.149. The lowest BCUT2D eigenvalue weighted by Crippen LogP contribution is -2.49. The summed E-state index contributed by atoms with van der Waals surface area (Å²) in [7, 11) is 0. The molecule has 0 saturated heterocycles. The second-order valence-corrected chi connectivity index (χ2v) is 4.46. The van der Waals surface area contributed by atoms with Gasteiger partial charge in [0.25, 0.3) is 0 Å². The van der Waals surface area contributed by atoms with Crippen molar-refractivity contribution in [2.24, 2.45) is 0 Å². The second kappa shape index (κ2) is 5.48. The number of hydrogen-bond donors (Lipinski definition) is 2. The van der Waals surface area contributed by atoms with Crippen LogP contribution in [0.25, 0.3) is 0 Å². The number of carbonyl (C=O) groups excluding carboxylic acids is 1. The molecule has 0 aliphatic rings.